The van der Waals surface area contributed by atoms with Crippen LogP contribution in [0.5, 0.6) is 0 Å². The van der Waals surface area contributed by atoms with Crippen molar-refractivity contribution in [3.05, 3.63) is 45.7 Å². The minimum atomic E-state index is -0.167. The molecule has 1 amide bonds. The molecule has 2 aromatic rings. The Morgan fingerprint density at radius 1 is 1.47 bits per heavy atom. The van der Waals surface area contributed by atoms with Crippen LogP contribution in [0.15, 0.2) is 23.7 Å². The Morgan fingerprint density at radius 3 is 3.00 bits per heavy atom. The van der Waals surface area contributed by atoms with E-state index in [0.29, 0.717) is 25.2 Å². The third kappa shape index (κ3) is 3.84. The molecule has 0 unspecified atom stereocenters. The first kappa shape index (κ1) is 13.6. The summed E-state index contributed by atoms with van der Waals surface area (Å²) in [5, 5.41) is 5.47. The van der Waals surface area contributed by atoms with Gasteiger partial charge in [0.2, 0.25) is 0 Å². The van der Waals surface area contributed by atoms with Gasteiger partial charge in [0.15, 0.2) is 0 Å². The van der Waals surface area contributed by atoms with Gasteiger partial charge in [0.1, 0.15) is 5.69 Å². The number of nitrogens with one attached hydrogen (secondary N) is 1. The molecule has 2 aromatic heterocycles. The summed E-state index contributed by atoms with van der Waals surface area (Å²) in [6.07, 6.45) is 2.47. The van der Waals surface area contributed by atoms with E-state index in [-0.39, 0.29) is 5.91 Å². The Hall–Kier alpha value is -1.79. The van der Waals surface area contributed by atoms with Crippen LogP contribution >= 0.6 is 11.3 Å². The Balaban J connectivity index is 1.91. The van der Waals surface area contributed by atoms with Gasteiger partial charge in [-0.1, -0.05) is 6.07 Å². The number of carbonyl (C=O) groups is 1. The molecule has 3 N–H and O–H groups in total. The van der Waals surface area contributed by atoms with Crippen molar-refractivity contribution in [2.75, 3.05) is 6.54 Å². The van der Waals surface area contributed by atoms with Gasteiger partial charge < -0.3 is 11.1 Å². The fourth-order valence-electron chi connectivity index (χ4n) is 1.53. The third-order valence-electron chi connectivity index (χ3n) is 2.57. The van der Waals surface area contributed by atoms with Gasteiger partial charge in [0, 0.05) is 30.2 Å². The summed E-state index contributed by atoms with van der Waals surface area (Å²) >= 11 is 1.46. The van der Waals surface area contributed by atoms with E-state index >= 15 is 0 Å². The highest BCUT2D eigenvalue weighted by atomic mass is 32.1. The number of nitrogens with zero attached hydrogens (tertiary/aromatic N) is 2. The summed E-state index contributed by atoms with van der Waals surface area (Å²) in [6.45, 7) is 2.93. The Kier molecular flexibility index (Phi) is 4.59. The van der Waals surface area contributed by atoms with E-state index in [1.807, 2.05) is 19.1 Å². The molecule has 0 saturated carbocycles. The maximum absolute atomic E-state index is 11.9. The van der Waals surface area contributed by atoms with Crippen LogP contribution in [0.4, 0.5) is 0 Å². The molecule has 0 aliphatic carbocycles. The molecule has 100 valence electrons. The number of amides is 1. The number of hydrogen-bond donors (Lipinski definition) is 2. The Morgan fingerprint density at radius 2 is 2.32 bits per heavy atom. The Bertz CT molecular complexity index is 550. The molecule has 5 nitrogen and oxygen atoms in total. The maximum atomic E-state index is 11.9. The van der Waals surface area contributed by atoms with Crippen LogP contribution in [0.1, 0.15) is 26.8 Å². The first-order valence-electron chi connectivity index (χ1n) is 6.03. The quantitative estimate of drug-likeness (QED) is 0.862. The van der Waals surface area contributed by atoms with Gasteiger partial charge in [0.05, 0.1) is 5.01 Å². The number of aromatic nitrogens is 2. The molecule has 0 bridgehead atoms. The van der Waals surface area contributed by atoms with Crippen LogP contribution in [-0.2, 0) is 13.0 Å². The lowest BCUT2D eigenvalue weighted by Crippen LogP contribution is -2.23. The molecule has 6 heteroatoms. The van der Waals surface area contributed by atoms with E-state index in [2.05, 4.69) is 15.3 Å². The van der Waals surface area contributed by atoms with Crippen molar-refractivity contribution >= 4 is 17.2 Å². The average molecular weight is 276 g/mol. The summed E-state index contributed by atoms with van der Waals surface area (Å²) in [5.41, 5.74) is 7.83. The number of rotatable bonds is 5. The normalized spacial score (nSPS) is 10.4. The van der Waals surface area contributed by atoms with E-state index in [1.165, 1.54) is 11.3 Å². The summed E-state index contributed by atoms with van der Waals surface area (Å²) in [6, 6.07) is 3.87. The van der Waals surface area contributed by atoms with Crippen LogP contribution in [-0.4, -0.2) is 22.4 Å². The lowest BCUT2D eigenvalue weighted by molar-refractivity contribution is 0.0946. The van der Waals surface area contributed by atoms with Crippen LogP contribution in [0.25, 0.3) is 0 Å². The van der Waals surface area contributed by atoms with Crippen molar-refractivity contribution < 1.29 is 4.79 Å². The van der Waals surface area contributed by atoms with E-state index in [9.17, 15) is 4.79 Å². The van der Waals surface area contributed by atoms with Gasteiger partial charge in [-0.3, -0.25) is 9.78 Å². The monoisotopic (exact) mass is 276 g/mol. The molecule has 19 heavy (non-hydrogen) atoms. The standard InChI is InChI=1S/C13H16N4OS/c1-9-2-3-10(6-15-9)7-16-13(18)11-8-19-12(17-11)4-5-14/h2-3,6,8H,4-5,7,14H2,1H3,(H,16,18). The smallest absolute Gasteiger partial charge is 0.271 e. The molecule has 0 aliphatic rings. The zero-order valence-corrected chi connectivity index (χ0v) is 11.5. The van der Waals surface area contributed by atoms with Gasteiger partial charge in [-0.15, -0.1) is 11.3 Å². The maximum Gasteiger partial charge on any atom is 0.271 e. The highest BCUT2D eigenvalue weighted by Gasteiger charge is 2.10. The van der Waals surface area contributed by atoms with Crippen LogP contribution in [0.3, 0.4) is 0 Å². The molecule has 0 atom stereocenters. The largest absolute Gasteiger partial charge is 0.347 e. The molecule has 0 saturated heterocycles. The number of pyridine rings is 1. The van der Waals surface area contributed by atoms with E-state index in [0.717, 1.165) is 16.3 Å². The predicted molar refractivity (Wildman–Crippen MR) is 75.0 cm³/mol. The molecule has 0 spiro atoms. The number of nitrogens with two attached hydrogens (primary N) is 1. The number of thiazole rings is 1. The molecule has 0 radical (unpaired) electrons. The molecule has 0 fully saturated rings. The third-order valence-corrected chi connectivity index (χ3v) is 3.48. The summed E-state index contributed by atoms with van der Waals surface area (Å²) in [5.74, 6) is -0.167. The predicted octanol–water partition coefficient (Wildman–Crippen LogP) is 1.28. The lowest BCUT2D eigenvalue weighted by Gasteiger charge is -2.03. The second kappa shape index (κ2) is 6.40. The van der Waals surface area contributed by atoms with Gasteiger partial charge in [-0.2, -0.15) is 0 Å². The van der Waals surface area contributed by atoms with Crippen molar-refractivity contribution in [1.82, 2.24) is 15.3 Å². The topological polar surface area (TPSA) is 80.9 Å². The van der Waals surface area contributed by atoms with Crippen LogP contribution in [0.2, 0.25) is 0 Å². The highest BCUT2D eigenvalue weighted by Crippen LogP contribution is 2.10. The summed E-state index contributed by atoms with van der Waals surface area (Å²) in [7, 11) is 0. The number of hydrogen-bond acceptors (Lipinski definition) is 5. The molecule has 0 aromatic carbocycles. The van der Waals surface area contributed by atoms with Gasteiger partial charge in [-0.25, -0.2) is 4.98 Å². The average Bonchev–Trinajstić information content (AvgIpc) is 2.87. The van der Waals surface area contributed by atoms with Crippen molar-refractivity contribution in [3.8, 4) is 0 Å². The molecular weight excluding hydrogens is 260 g/mol. The van der Waals surface area contributed by atoms with Crippen molar-refractivity contribution in [2.45, 2.75) is 19.9 Å². The van der Waals surface area contributed by atoms with E-state index in [4.69, 9.17) is 5.73 Å². The SMILES string of the molecule is Cc1ccc(CNC(=O)c2csc(CCN)n2)cn1. The Labute approximate surface area is 115 Å². The number of carbonyl (C=O) groups excluding carboxylic acids is 1. The van der Waals surface area contributed by atoms with Crippen LogP contribution in [0, 0.1) is 6.92 Å². The van der Waals surface area contributed by atoms with Crippen molar-refractivity contribution in [1.29, 1.82) is 0 Å². The minimum Gasteiger partial charge on any atom is -0.347 e. The molecular formula is C13H16N4OS. The first-order valence-corrected chi connectivity index (χ1v) is 6.91. The fourth-order valence-corrected chi connectivity index (χ4v) is 2.32. The lowest BCUT2D eigenvalue weighted by atomic mass is 10.2. The van der Waals surface area contributed by atoms with Crippen LogP contribution < -0.4 is 11.1 Å². The van der Waals surface area contributed by atoms with Crippen molar-refractivity contribution in [3.63, 3.8) is 0 Å². The second-order valence-electron chi connectivity index (χ2n) is 4.16. The summed E-state index contributed by atoms with van der Waals surface area (Å²) in [4.78, 5) is 20.3. The van der Waals surface area contributed by atoms with E-state index in [1.54, 1.807) is 11.6 Å². The minimum absolute atomic E-state index is 0.167. The van der Waals surface area contributed by atoms with Gasteiger partial charge >= 0.3 is 0 Å². The van der Waals surface area contributed by atoms with E-state index < -0.39 is 0 Å². The van der Waals surface area contributed by atoms with Crippen molar-refractivity contribution in [2.24, 2.45) is 5.73 Å². The number of aryl methyl sites for hydroxylation is 1. The zero-order valence-electron chi connectivity index (χ0n) is 10.7. The first-order chi connectivity index (χ1) is 9.19. The fraction of sp³-hybridized carbons (Fsp3) is 0.308. The van der Waals surface area contributed by atoms with Gasteiger partial charge in [0.25, 0.3) is 5.91 Å². The second-order valence-corrected chi connectivity index (χ2v) is 5.10. The molecule has 2 heterocycles. The molecule has 2 rings (SSSR count). The van der Waals surface area contributed by atoms with Gasteiger partial charge in [-0.05, 0) is 25.1 Å². The zero-order chi connectivity index (χ0) is 13.7. The molecule has 0 aliphatic heterocycles. The summed E-state index contributed by atoms with van der Waals surface area (Å²) < 4.78 is 0. The highest BCUT2D eigenvalue weighted by molar-refractivity contribution is 7.09.